The van der Waals surface area contributed by atoms with E-state index in [4.69, 9.17) is 33.4 Å². The van der Waals surface area contributed by atoms with Gasteiger partial charge < -0.3 is 15.5 Å². The van der Waals surface area contributed by atoms with E-state index in [0.29, 0.717) is 28.1 Å². The molecule has 9 heteroatoms. The topological polar surface area (TPSA) is 86.6 Å². The Morgan fingerprint density at radius 1 is 1.00 bits per heavy atom. The van der Waals surface area contributed by atoms with Crippen LogP contribution in [0.5, 0.6) is 0 Å². The zero-order valence-electron chi connectivity index (χ0n) is 15.8. The molecule has 2 aromatic carbocycles. The van der Waals surface area contributed by atoms with Crippen molar-refractivity contribution in [2.75, 3.05) is 13.1 Å². The van der Waals surface area contributed by atoms with Crippen molar-refractivity contribution in [1.29, 1.82) is 0 Å². The van der Waals surface area contributed by atoms with E-state index in [2.05, 4.69) is 5.32 Å². The number of benzene rings is 2. The van der Waals surface area contributed by atoms with E-state index >= 15 is 0 Å². The maximum Gasteiger partial charge on any atom is 0.328 e. The summed E-state index contributed by atoms with van der Waals surface area (Å²) in [6.45, 7) is 1.96. The fourth-order valence-corrected chi connectivity index (χ4v) is 4.42. The molecule has 0 bridgehead atoms. The second-order valence-electron chi connectivity index (χ2n) is 6.39. The van der Waals surface area contributed by atoms with Gasteiger partial charge >= 0.3 is 11.9 Å². The number of halogens is 3. The number of carboxylic acid groups (broad SMARTS) is 2. The summed E-state index contributed by atoms with van der Waals surface area (Å²) in [6, 6.07) is 10.5. The number of carboxylic acids is 2. The van der Waals surface area contributed by atoms with E-state index in [-0.39, 0.29) is 5.82 Å². The van der Waals surface area contributed by atoms with Crippen molar-refractivity contribution >= 4 is 46.9 Å². The SMILES string of the molecule is Fc1ccc(Sc2ccc(Cl)cc2Cl)c(C2CCNCC2)c1.O=C(O)/C=C/C(=O)O. The van der Waals surface area contributed by atoms with Gasteiger partial charge in [-0.1, -0.05) is 35.0 Å². The van der Waals surface area contributed by atoms with Crippen molar-refractivity contribution < 1.29 is 24.2 Å². The fourth-order valence-electron chi connectivity index (χ4n) is 2.88. The summed E-state index contributed by atoms with van der Waals surface area (Å²) in [5, 5.41) is 20.2. The van der Waals surface area contributed by atoms with Crippen LogP contribution >= 0.6 is 35.0 Å². The monoisotopic (exact) mass is 471 g/mol. The van der Waals surface area contributed by atoms with Crippen molar-refractivity contribution in [2.24, 2.45) is 0 Å². The van der Waals surface area contributed by atoms with Crippen LogP contribution in [-0.2, 0) is 9.59 Å². The molecule has 1 saturated heterocycles. The van der Waals surface area contributed by atoms with Crippen LogP contribution in [0.4, 0.5) is 4.39 Å². The van der Waals surface area contributed by atoms with Crippen molar-refractivity contribution in [3.8, 4) is 0 Å². The number of aliphatic carboxylic acids is 2. The summed E-state index contributed by atoms with van der Waals surface area (Å²) in [7, 11) is 0. The van der Waals surface area contributed by atoms with Crippen molar-refractivity contribution in [1.82, 2.24) is 5.32 Å². The number of nitrogens with one attached hydrogen (secondary N) is 1. The normalized spacial score (nSPS) is 14.2. The molecule has 160 valence electrons. The second-order valence-corrected chi connectivity index (χ2v) is 8.32. The molecule has 0 aliphatic carbocycles. The van der Waals surface area contributed by atoms with E-state index in [0.717, 1.165) is 41.3 Å². The first-order valence-electron chi connectivity index (χ1n) is 9.03. The average Bonchev–Trinajstić information content (AvgIpc) is 2.71. The summed E-state index contributed by atoms with van der Waals surface area (Å²) in [4.78, 5) is 21.1. The molecule has 2 aromatic rings. The number of hydrogen-bond donors (Lipinski definition) is 3. The van der Waals surface area contributed by atoms with E-state index in [1.807, 2.05) is 18.2 Å². The molecule has 0 unspecified atom stereocenters. The molecule has 0 saturated carbocycles. The maximum absolute atomic E-state index is 13.7. The Morgan fingerprint density at radius 2 is 1.60 bits per heavy atom. The van der Waals surface area contributed by atoms with Gasteiger partial charge in [0.15, 0.2) is 0 Å². The molecule has 0 amide bonds. The molecule has 1 fully saturated rings. The van der Waals surface area contributed by atoms with Crippen molar-refractivity contribution in [3.63, 3.8) is 0 Å². The van der Waals surface area contributed by atoms with Gasteiger partial charge in [-0.2, -0.15) is 0 Å². The summed E-state index contributed by atoms with van der Waals surface area (Å²) >= 11 is 13.8. The molecule has 0 spiro atoms. The third-order valence-electron chi connectivity index (χ3n) is 4.23. The molecule has 0 atom stereocenters. The minimum absolute atomic E-state index is 0.180. The standard InChI is InChI=1S/C17H16Cl2FNS.C4H4O4/c18-12-1-3-17(15(19)9-12)22-16-4-2-13(20)10-14(16)11-5-7-21-8-6-11;5-3(6)1-2-4(7)8/h1-4,9-11,21H,5-8H2;1-2H,(H,5,6)(H,7,8)/b;2-1+. The first kappa shape index (κ1) is 24.2. The number of rotatable bonds is 5. The molecule has 0 aromatic heterocycles. The van der Waals surface area contributed by atoms with Gasteiger partial charge in [0, 0.05) is 27.0 Å². The van der Waals surface area contributed by atoms with Gasteiger partial charge in [0.1, 0.15) is 5.82 Å². The lowest BCUT2D eigenvalue weighted by Gasteiger charge is -2.25. The Morgan fingerprint density at radius 3 is 2.17 bits per heavy atom. The Kier molecular flexibility index (Phi) is 9.65. The first-order chi connectivity index (χ1) is 14.3. The van der Waals surface area contributed by atoms with Crippen LogP contribution in [-0.4, -0.2) is 35.2 Å². The van der Waals surface area contributed by atoms with E-state index in [1.165, 1.54) is 6.07 Å². The van der Waals surface area contributed by atoms with Gasteiger partial charge in [-0.3, -0.25) is 0 Å². The van der Waals surface area contributed by atoms with Crippen LogP contribution < -0.4 is 5.32 Å². The number of piperidine rings is 1. The molecule has 30 heavy (non-hydrogen) atoms. The lowest BCUT2D eigenvalue weighted by atomic mass is 9.90. The third kappa shape index (κ3) is 7.99. The molecule has 5 nitrogen and oxygen atoms in total. The molecule has 3 N–H and O–H groups in total. The second kappa shape index (κ2) is 12.0. The third-order valence-corrected chi connectivity index (χ3v) is 6.06. The highest BCUT2D eigenvalue weighted by atomic mass is 35.5. The summed E-state index contributed by atoms with van der Waals surface area (Å²) in [5.41, 5.74) is 1.08. The molecule has 1 aliphatic rings. The van der Waals surface area contributed by atoms with Gasteiger partial charge in [0.25, 0.3) is 0 Å². The highest BCUT2D eigenvalue weighted by Gasteiger charge is 2.20. The van der Waals surface area contributed by atoms with Crippen LogP contribution in [0.15, 0.2) is 58.3 Å². The average molecular weight is 472 g/mol. The van der Waals surface area contributed by atoms with Gasteiger partial charge in [0.2, 0.25) is 0 Å². The quantitative estimate of drug-likeness (QED) is 0.501. The summed E-state index contributed by atoms with van der Waals surface area (Å²) in [5.74, 6) is -2.30. The van der Waals surface area contributed by atoms with Crippen LogP contribution in [0.3, 0.4) is 0 Å². The van der Waals surface area contributed by atoms with Crippen molar-refractivity contribution in [2.45, 2.75) is 28.6 Å². The fraction of sp³-hybridized carbons (Fsp3) is 0.238. The summed E-state index contributed by atoms with van der Waals surface area (Å²) < 4.78 is 13.7. The van der Waals surface area contributed by atoms with Crippen LogP contribution in [0, 0.1) is 5.82 Å². The minimum atomic E-state index is -1.26. The zero-order valence-corrected chi connectivity index (χ0v) is 18.1. The molecule has 0 radical (unpaired) electrons. The lowest BCUT2D eigenvalue weighted by Crippen LogP contribution is -2.26. The smallest absolute Gasteiger partial charge is 0.328 e. The number of carbonyl (C=O) groups is 2. The lowest BCUT2D eigenvalue weighted by molar-refractivity contribution is -0.134. The predicted octanol–water partition coefficient (Wildman–Crippen LogP) is 5.46. The number of hydrogen-bond acceptors (Lipinski definition) is 4. The highest BCUT2D eigenvalue weighted by Crippen LogP contribution is 2.40. The van der Waals surface area contributed by atoms with Gasteiger partial charge in [-0.25, -0.2) is 14.0 Å². The zero-order chi connectivity index (χ0) is 22.1. The molecular formula is C21H20Cl2FNO4S. The molecule has 1 aliphatic heterocycles. The molecule has 3 rings (SSSR count). The molecular weight excluding hydrogens is 452 g/mol. The predicted molar refractivity (Wildman–Crippen MR) is 116 cm³/mol. The largest absolute Gasteiger partial charge is 0.478 e. The maximum atomic E-state index is 13.7. The Balaban J connectivity index is 0.000000343. The Hall–Kier alpha value is -2.06. The van der Waals surface area contributed by atoms with Crippen LogP contribution in [0.1, 0.15) is 24.3 Å². The van der Waals surface area contributed by atoms with Gasteiger partial charge in [0.05, 0.1) is 5.02 Å². The summed E-state index contributed by atoms with van der Waals surface area (Å²) in [6.07, 6.45) is 3.18. The van der Waals surface area contributed by atoms with Gasteiger partial charge in [-0.15, -0.1) is 0 Å². The van der Waals surface area contributed by atoms with Crippen LogP contribution in [0.2, 0.25) is 10.0 Å². The minimum Gasteiger partial charge on any atom is -0.478 e. The Bertz CT molecular complexity index is 917. The highest BCUT2D eigenvalue weighted by molar-refractivity contribution is 7.99. The van der Waals surface area contributed by atoms with Crippen molar-refractivity contribution in [3.05, 3.63) is 70.0 Å². The first-order valence-corrected chi connectivity index (χ1v) is 10.6. The molecule has 1 heterocycles. The Labute approximate surface area is 187 Å². The van der Waals surface area contributed by atoms with E-state index in [1.54, 1.807) is 23.9 Å². The van der Waals surface area contributed by atoms with E-state index in [9.17, 15) is 14.0 Å². The van der Waals surface area contributed by atoms with Gasteiger partial charge in [-0.05, 0) is 73.8 Å². The van der Waals surface area contributed by atoms with E-state index < -0.39 is 11.9 Å². The van der Waals surface area contributed by atoms with Crippen LogP contribution in [0.25, 0.3) is 0 Å².